The fourth-order valence-electron chi connectivity index (χ4n) is 3.70. The standard InChI is InChI=1S/C26H20F3N3S/c27-26(28,29)20-9-10-21-22(14-20)32-25(31-21)24-12-11-23(33-24)19-8-4-7-18(13-19)16-30-15-17-5-2-1-3-6-17/h1-14,30H,15-16H2,(H,31,32). The van der Waals surface area contributed by atoms with Crippen molar-refractivity contribution in [3.63, 3.8) is 0 Å². The van der Waals surface area contributed by atoms with Crippen molar-refractivity contribution in [2.24, 2.45) is 0 Å². The summed E-state index contributed by atoms with van der Waals surface area (Å²) in [6.07, 6.45) is -4.38. The number of nitrogens with one attached hydrogen (secondary N) is 2. The number of hydrogen-bond donors (Lipinski definition) is 2. The quantitative estimate of drug-likeness (QED) is 0.278. The molecule has 5 aromatic rings. The number of thiophene rings is 1. The van der Waals surface area contributed by atoms with Crippen molar-refractivity contribution in [1.29, 1.82) is 0 Å². The molecule has 0 fully saturated rings. The molecule has 3 nitrogen and oxygen atoms in total. The van der Waals surface area contributed by atoms with Gasteiger partial charge >= 0.3 is 6.18 Å². The van der Waals surface area contributed by atoms with Crippen molar-refractivity contribution in [1.82, 2.24) is 15.3 Å². The predicted octanol–water partition coefficient (Wildman–Crippen LogP) is 7.27. The van der Waals surface area contributed by atoms with E-state index in [9.17, 15) is 13.2 Å². The van der Waals surface area contributed by atoms with Crippen LogP contribution in [0.15, 0.2) is 84.9 Å². The summed E-state index contributed by atoms with van der Waals surface area (Å²) in [6.45, 7) is 1.56. The van der Waals surface area contributed by atoms with Crippen LogP contribution in [0, 0.1) is 0 Å². The molecule has 0 aliphatic carbocycles. The molecule has 0 bridgehead atoms. The Balaban J connectivity index is 1.33. The van der Waals surface area contributed by atoms with Crippen LogP contribution in [0.5, 0.6) is 0 Å². The van der Waals surface area contributed by atoms with Gasteiger partial charge in [0.25, 0.3) is 0 Å². The number of halogens is 3. The second-order valence-electron chi connectivity index (χ2n) is 7.77. The second-order valence-corrected chi connectivity index (χ2v) is 8.85. The van der Waals surface area contributed by atoms with E-state index in [0.29, 0.717) is 16.9 Å². The number of hydrogen-bond acceptors (Lipinski definition) is 3. The maximum Gasteiger partial charge on any atom is 0.416 e. The number of benzene rings is 3. The maximum atomic E-state index is 13.0. The van der Waals surface area contributed by atoms with E-state index < -0.39 is 11.7 Å². The monoisotopic (exact) mass is 463 g/mol. The van der Waals surface area contributed by atoms with Gasteiger partial charge in [-0.25, -0.2) is 4.98 Å². The molecule has 0 amide bonds. The zero-order valence-electron chi connectivity index (χ0n) is 17.5. The van der Waals surface area contributed by atoms with Crippen molar-refractivity contribution in [2.75, 3.05) is 0 Å². The Morgan fingerprint density at radius 2 is 1.55 bits per heavy atom. The van der Waals surface area contributed by atoms with Gasteiger partial charge in [0.1, 0.15) is 5.82 Å². The number of nitrogens with zero attached hydrogens (tertiary/aromatic N) is 1. The van der Waals surface area contributed by atoms with Gasteiger partial charge in [0.2, 0.25) is 0 Å². The highest BCUT2D eigenvalue weighted by molar-refractivity contribution is 7.18. The third-order valence-corrected chi connectivity index (χ3v) is 6.50. The van der Waals surface area contributed by atoms with Gasteiger partial charge in [0, 0.05) is 18.0 Å². The van der Waals surface area contributed by atoms with Crippen molar-refractivity contribution in [3.05, 3.63) is 102 Å². The van der Waals surface area contributed by atoms with E-state index in [-0.39, 0.29) is 0 Å². The van der Waals surface area contributed by atoms with Crippen molar-refractivity contribution < 1.29 is 13.2 Å². The van der Waals surface area contributed by atoms with E-state index in [1.807, 2.05) is 36.4 Å². The van der Waals surface area contributed by atoms with Crippen LogP contribution < -0.4 is 5.32 Å². The molecule has 0 unspecified atom stereocenters. The Kier molecular flexibility index (Phi) is 5.74. The van der Waals surface area contributed by atoms with E-state index in [2.05, 4.69) is 45.6 Å². The smallest absolute Gasteiger partial charge is 0.337 e. The normalized spacial score (nSPS) is 11.8. The molecule has 2 N–H and O–H groups in total. The average Bonchev–Trinajstić information content (AvgIpc) is 3.46. The Bertz CT molecular complexity index is 1390. The molecule has 2 heterocycles. The first-order valence-corrected chi connectivity index (χ1v) is 11.3. The lowest BCUT2D eigenvalue weighted by molar-refractivity contribution is -0.137. The van der Waals surface area contributed by atoms with E-state index in [1.54, 1.807) is 11.3 Å². The summed E-state index contributed by atoms with van der Waals surface area (Å²) in [6, 6.07) is 26.1. The minimum absolute atomic E-state index is 0.376. The topological polar surface area (TPSA) is 40.7 Å². The molecule has 166 valence electrons. The summed E-state index contributed by atoms with van der Waals surface area (Å²) in [5.74, 6) is 0.571. The summed E-state index contributed by atoms with van der Waals surface area (Å²) >= 11 is 1.56. The van der Waals surface area contributed by atoms with Gasteiger partial charge in [-0.1, -0.05) is 48.5 Å². The summed E-state index contributed by atoms with van der Waals surface area (Å²) in [5, 5.41) is 3.47. The van der Waals surface area contributed by atoms with Crippen LogP contribution in [0.1, 0.15) is 16.7 Å². The molecule has 0 radical (unpaired) electrons. The minimum atomic E-state index is -4.38. The van der Waals surface area contributed by atoms with Gasteiger partial charge in [-0.15, -0.1) is 11.3 Å². The van der Waals surface area contributed by atoms with E-state index >= 15 is 0 Å². The van der Waals surface area contributed by atoms with Gasteiger partial charge < -0.3 is 10.3 Å². The lowest BCUT2D eigenvalue weighted by atomic mass is 10.1. The van der Waals surface area contributed by atoms with Crippen LogP contribution >= 0.6 is 11.3 Å². The zero-order chi connectivity index (χ0) is 22.8. The molecule has 0 atom stereocenters. The second kappa shape index (κ2) is 8.84. The molecule has 0 aliphatic heterocycles. The summed E-state index contributed by atoms with van der Waals surface area (Å²) in [4.78, 5) is 9.46. The van der Waals surface area contributed by atoms with Crippen LogP contribution in [0.4, 0.5) is 13.2 Å². The number of aromatic amines is 1. The predicted molar refractivity (Wildman–Crippen MR) is 127 cm³/mol. The number of aromatic nitrogens is 2. The van der Waals surface area contributed by atoms with Crippen LogP contribution in [0.2, 0.25) is 0 Å². The molecule has 0 saturated carbocycles. The van der Waals surface area contributed by atoms with Gasteiger partial charge in [-0.2, -0.15) is 13.2 Å². The zero-order valence-corrected chi connectivity index (χ0v) is 18.3. The van der Waals surface area contributed by atoms with Crippen LogP contribution in [-0.4, -0.2) is 9.97 Å². The third-order valence-electron chi connectivity index (χ3n) is 5.36. The number of H-pyrrole nitrogens is 1. The highest BCUT2D eigenvalue weighted by atomic mass is 32.1. The molecule has 3 aromatic carbocycles. The number of imidazole rings is 1. The van der Waals surface area contributed by atoms with Gasteiger partial charge in [-0.05, 0) is 53.1 Å². The highest BCUT2D eigenvalue weighted by Crippen LogP contribution is 2.35. The van der Waals surface area contributed by atoms with Gasteiger partial charge in [0.05, 0.1) is 21.5 Å². The van der Waals surface area contributed by atoms with E-state index in [4.69, 9.17) is 0 Å². The number of fused-ring (bicyclic) bond motifs is 1. The SMILES string of the molecule is FC(F)(F)c1ccc2nc(-c3ccc(-c4cccc(CNCc5ccccc5)c4)s3)[nH]c2c1. The molecular formula is C26H20F3N3S. The Morgan fingerprint density at radius 3 is 2.36 bits per heavy atom. The van der Waals surface area contributed by atoms with Crippen molar-refractivity contribution >= 4 is 22.4 Å². The summed E-state index contributed by atoms with van der Waals surface area (Å²) in [5.41, 5.74) is 3.72. The molecule has 5 rings (SSSR count). The number of alkyl halides is 3. The first kappa shape index (κ1) is 21.4. The molecule has 0 saturated heterocycles. The van der Waals surface area contributed by atoms with Gasteiger partial charge in [-0.3, -0.25) is 0 Å². The molecule has 2 aromatic heterocycles. The molecule has 33 heavy (non-hydrogen) atoms. The summed E-state index contributed by atoms with van der Waals surface area (Å²) in [7, 11) is 0. The largest absolute Gasteiger partial charge is 0.416 e. The van der Waals surface area contributed by atoms with E-state index in [0.717, 1.165) is 40.5 Å². The first-order chi connectivity index (χ1) is 16.0. The Hall–Kier alpha value is -3.42. The minimum Gasteiger partial charge on any atom is -0.337 e. The summed E-state index contributed by atoms with van der Waals surface area (Å²) < 4.78 is 39.0. The Labute approximate surface area is 192 Å². The van der Waals surface area contributed by atoms with Crippen LogP contribution in [0.25, 0.3) is 32.2 Å². The van der Waals surface area contributed by atoms with Crippen LogP contribution in [-0.2, 0) is 19.3 Å². The molecule has 0 aliphatic rings. The van der Waals surface area contributed by atoms with E-state index in [1.165, 1.54) is 17.2 Å². The van der Waals surface area contributed by atoms with Crippen LogP contribution in [0.3, 0.4) is 0 Å². The highest BCUT2D eigenvalue weighted by Gasteiger charge is 2.30. The maximum absolute atomic E-state index is 13.0. The average molecular weight is 464 g/mol. The molecular weight excluding hydrogens is 443 g/mol. The molecule has 0 spiro atoms. The fraction of sp³-hybridized carbons (Fsp3) is 0.115. The fourth-order valence-corrected chi connectivity index (χ4v) is 4.65. The Morgan fingerprint density at radius 1 is 0.788 bits per heavy atom. The molecule has 7 heteroatoms. The third kappa shape index (κ3) is 4.84. The lowest BCUT2D eigenvalue weighted by Gasteiger charge is -2.07. The van der Waals surface area contributed by atoms with Crippen molar-refractivity contribution in [2.45, 2.75) is 19.3 Å². The first-order valence-electron chi connectivity index (χ1n) is 10.5. The van der Waals surface area contributed by atoms with Gasteiger partial charge in [0.15, 0.2) is 0 Å². The number of rotatable bonds is 6. The van der Waals surface area contributed by atoms with Crippen molar-refractivity contribution in [3.8, 4) is 21.1 Å². The lowest BCUT2D eigenvalue weighted by Crippen LogP contribution is -2.12.